The second-order valence-corrected chi connectivity index (χ2v) is 12.1. The fourth-order valence-corrected chi connectivity index (χ4v) is 4.58. The van der Waals surface area contributed by atoms with Gasteiger partial charge in [-0.2, -0.15) is 4.21 Å². The highest BCUT2D eigenvalue weighted by molar-refractivity contribution is 7.92. The summed E-state index contributed by atoms with van der Waals surface area (Å²) < 4.78 is 50.8. The maximum Gasteiger partial charge on any atom is 0.316 e. The van der Waals surface area contributed by atoms with Crippen molar-refractivity contribution in [3.05, 3.63) is 71.8 Å². The number of nitrogens with one attached hydrogen (secondary N) is 3. The molecule has 0 aliphatic heterocycles. The molecule has 0 bridgehead atoms. The van der Waals surface area contributed by atoms with E-state index in [9.17, 15) is 27.3 Å². The van der Waals surface area contributed by atoms with Gasteiger partial charge in [0.05, 0.1) is 17.6 Å². The van der Waals surface area contributed by atoms with Crippen LogP contribution in [0.25, 0.3) is 0 Å². The Hall–Kier alpha value is -4.10. The van der Waals surface area contributed by atoms with Crippen molar-refractivity contribution in [2.45, 2.75) is 26.2 Å². The molecule has 3 aromatic rings. The largest absolute Gasteiger partial charge is 0.505 e. The van der Waals surface area contributed by atoms with Crippen LogP contribution < -0.4 is 23.7 Å². The average Bonchev–Trinajstić information content (AvgIpc) is 2.83. The number of carbonyl (C=O) groups excluding carboxylic acids is 2. The smallest absolute Gasteiger partial charge is 0.316 e. The number of phenolic OH excluding ortho intramolecular Hbond substituents is 1. The van der Waals surface area contributed by atoms with Crippen LogP contribution in [0, 0.1) is 0 Å². The molecule has 11 nitrogen and oxygen atoms in total. The van der Waals surface area contributed by atoms with Crippen LogP contribution in [0.5, 0.6) is 17.2 Å². The third-order valence-electron chi connectivity index (χ3n) is 5.09. The van der Waals surface area contributed by atoms with Gasteiger partial charge in [-0.1, -0.05) is 26.8 Å². The predicted octanol–water partition coefficient (Wildman–Crippen LogP) is 3.96. The minimum atomic E-state index is -3.47. The minimum absolute atomic E-state index is 0.109. The molecule has 1 unspecified atom stereocenters. The highest BCUT2D eigenvalue weighted by Crippen LogP contribution is 2.37. The number of carbonyl (C=O) groups is 2. The Balaban J connectivity index is 1.55. The van der Waals surface area contributed by atoms with Crippen molar-refractivity contribution in [1.82, 2.24) is 0 Å². The fraction of sp³-hybridized carbons (Fsp3) is 0.231. The van der Waals surface area contributed by atoms with Crippen LogP contribution in [-0.4, -0.2) is 42.8 Å². The van der Waals surface area contributed by atoms with Crippen LogP contribution in [0.4, 0.5) is 17.1 Å². The molecular formula is C26H29N3O8S2. The molecule has 0 fully saturated rings. The zero-order valence-electron chi connectivity index (χ0n) is 21.7. The van der Waals surface area contributed by atoms with Gasteiger partial charge >= 0.3 is 11.3 Å². The van der Waals surface area contributed by atoms with Gasteiger partial charge in [-0.3, -0.25) is 19.0 Å². The summed E-state index contributed by atoms with van der Waals surface area (Å²) in [6.07, 6.45) is 1.66. The lowest BCUT2D eigenvalue weighted by molar-refractivity contribution is -0.118. The van der Waals surface area contributed by atoms with Crippen LogP contribution >= 0.6 is 0 Å². The molecule has 13 heteroatoms. The van der Waals surface area contributed by atoms with Crippen molar-refractivity contribution in [2.75, 3.05) is 27.6 Å². The highest BCUT2D eigenvalue weighted by Gasteiger charge is 2.22. The molecule has 1 amide bonds. The summed E-state index contributed by atoms with van der Waals surface area (Å²) in [6.45, 7) is 5.27. The maximum absolute atomic E-state index is 12.4. The van der Waals surface area contributed by atoms with E-state index in [0.717, 1.165) is 6.26 Å². The number of amides is 1. The number of anilines is 3. The first-order chi connectivity index (χ1) is 18.2. The van der Waals surface area contributed by atoms with Crippen LogP contribution in [-0.2, 0) is 31.5 Å². The van der Waals surface area contributed by atoms with Crippen LogP contribution in [0.2, 0.25) is 0 Å². The van der Waals surface area contributed by atoms with Gasteiger partial charge in [0.15, 0.2) is 6.61 Å². The van der Waals surface area contributed by atoms with E-state index >= 15 is 0 Å². The number of aldehydes is 1. The van der Waals surface area contributed by atoms with E-state index in [1.54, 1.807) is 36.4 Å². The van der Waals surface area contributed by atoms with Crippen molar-refractivity contribution >= 4 is 50.5 Å². The monoisotopic (exact) mass is 575 g/mol. The molecule has 0 radical (unpaired) electrons. The lowest BCUT2D eigenvalue weighted by Crippen LogP contribution is -2.21. The summed E-state index contributed by atoms with van der Waals surface area (Å²) in [5.74, 6) is -0.133. The number of hydrogen-bond acceptors (Lipinski definition) is 8. The predicted molar refractivity (Wildman–Crippen MR) is 150 cm³/mol. The lowest BCUT2D eigenvalue weighted by Gasteiger charge is -2.22. The molecule has 1 atom stereocenters. The Kier molecular flexibility index (Phi) is 9.20. The van der Waals surface area contributed by atoms with E-state index in [0.29, 0.717) is 28.8 Å². The molecule has 0 aliphatic rings. The summed E-state index contributed by atoms with van der Waals surface area (Å²) in [7, 11) is -3.47. The second-order valence-electron chi connectivity index (χ2n) is 9.52. The van der Waals surface area contributed by atoms with Gasteiger partial charge in [-0.05, 0) is 53.9 Å². The third-order valence-corrected chi connectivity index (χ3v) is 6.44. The summed E-state index contributed by atoms with van der Waals surface area (Å²) in [6, 6.07) is 15.2. The number of rotatable bonds is 11. The fourth-order valence-electron chi connectivity index (χ4n) is 3.38. The second kappa shape index (κ2) is 12.2. The molecule has 0 aromatic heterocycles. The van der Waals surface area contributed by atoms with Crippen LogP contribution in [0.3, 0.4) is 0 Å². The van der Waals surface area contributed by atoms with Gasteiger partial charge in [0.25, 0.3) is 5.91 Å². The number of sulfonamides is 1. The van der Waals surface area contributed by atoms with Crippen LogP contribution in [0.1, 0.15) is 36.7 Å². The van der Waals surface area contributed by atoms with Crippen molar-refractivity contribution in [1.29, 1.82) is 0 Å². The maximum atomic E-state index is 12.4. The molecule has 4 N–H and O–H groups in total. The minimum Gasteiger partial charge on any atom is -0.505 e. The molecule has 39 heavy (non-hydrogen) atoms. The molecule has 3 rings (SSSR count). The molecule has 0 saturated heterocycles. The molecule has 208 valence electrons. The van der Waals surface area contributed by atoms with Gasteiger partial charge in [0, 0.05) is 22.9 Å². The number of ether oxygens (including phenoxy) is 1. The van der Waals surface area contributed by atoms with Gasteiger partial charge in [0.2, 0.25) is 10.0 Å². The number of phenols is 1. The summed E-state index contributed by atoms with van der Waals surface area (Å²) in [4.78, 5) is 23.8. The molecule has 0 aliphatic carbocycles. The van der Waals surface area contributed by atoms with Crippen molar-refractivity contribution in [3.63, 3.8) is 0 Å². The molecule has 0 saturated carbocycles. The summed E-state index contributed by atoms with van der Waals surface area (Å²) in [5.41, 5.74) is 1.18. The zero-order chi connectivity index (χ0) is 28.8. The topological polar surface area (TPSA) is 160 Å². The SMILES string of the molecule is CC(C)(C)c1cc(C=O)cc(NC(=O)COc2ccc(NS(=O)Oc3cccc(NS(C)(=O)=O)c3)cc2)c1O. The van der Waals surface area contributed by atoms with Gasteiger partial charge in [-0.15, -0.1) is 0 Å². The Morgan fingerprint density at radius 2 is 1.72 bits per heavy atom. The Bertz CT molecular complexity index is 1480. The van der Waals surface area contributed by atoms with E-state index in [4.69, 9.17) is 8.92 Å². The molecule has 0 spiro atoms. The Morgan fingerprint density at radius 1 is 1.03 bits per heavy atom. The summed E-state index contributed by atoms with van der Waals surface area (Å²) in [5, 5.41) is 13.2. The Morgan fingerprint density at radius 3 is 2.33 bits per heavy atom. The van der Waals surface area contributed by atoms with Crippen LogP contribution in [0.15, 0.2) is 60.7 Å². The number of benzene rings is 3. The first kappa shape index (κ1) is 29.5. The first-order valence-electron chi connectivity index (χ1n) is 11.5. The highest BCUT2D eigenvalue weighted by atomic mass is 32.2. The number of hydrogen-bond donors (Lipinski definition) is 4. The van der Waals surface area contributed by atoms with Gasteiger partial charge in [0.1, 0.15) is 23.5 Å². The van der Waals surface area contributed by atoms with Crippen molar-refractivity contribution in [2.24, 2.45) is 0 Å². The molecule has 3 aromatic carbocycles. The normalized spacial score (nSPS) is 12.2. The van der Waals surface area contributed by atoms with E-state index in [1.807, 2.05) is 20.8 Å². The standard InChI is InChI=1S/C26H29N3O8S2/c1-26(2,3)22-12-17(15-30)13-23(25(22)32)27-24(31)16-36-20-10-8-18(9-11-20)28-38(33)37-21-7-5-6-19(14-21)29-39(4,34)35/h5-15,28-29,32H,16H2,1-4H3,(H,27,31). The third kappa shape index (κ3) is 9.00. The molecule has 0 heterocycles. The van der Waals surface area contributed by atoms with E-state index < -0.39 is 32.6 Å². The quantitative estimate of drug-likeness (QED) is 0.197. The number of aromatic hydroxyl groups is 1. The van der Waals surface area contributed by atoms with Crippen molar-refractivity contribution < 1.29 is 36.2 Å². The summed E-state index contributed by atoms with van der Waals surface area (Å²) >= 11 is -1.99. The lowest BCUT2D eigenvalue weighted by atomic mass is 9.85. The first-order valence-corrected chi connectivity index (χ1v) is 14.5. The van der Waals surface area contributed by atoms with Gasteiger partial charge < -0.3 is 19.3 Å². The molecular weight excluding hydrogens is 546 g/mol. The van der Waals surface area contributed by atoms with Crippen molar-refractivity contribution in [3.8, 4) is 17.2 Å². The Labute approximate surface area is 229 Å². The van der Waals surface area contributed by atoms with E-state index in [1.165, 1.54) is 24.3 Å². The average molecular weight is 576 g/mol. The zero-order valence-corrected chi connectivity index (χ0v) is 23.3. The van der Waals surface area contributed by atoms with E-state index in [-0.39, 0.29) is 29.5 Å². The van der Waals surface area contributed by atoms with E-state index in [2.05, 4.69) is 14.8 Å². The van der Waals surface area contributed by atoms with Gasteiger partial charge in [-0.25, -0.2) is 8.42 Å².